The summed E-state index contributed by atoms with van der Waals surface area (Å²) < 4.78 is 10.8. The molecule has 2 aromatic carbocycles. The topological polar surface area (TPSA) is 123 Å². The Morgan fingerprint density at radius 1 is 1.31 bits per heavy atom. The van der Waals surface area contributed by atoms with Crippen LogP contribution in [0.5, 0.6) is 17.2 Å². The van der Waals surface area contributed by atoms with Crippen LogP contribution in [0.25, 0.3) is 0 Å². The number of amides is 1. The molecule has 0 radical (unpaired) electrons. The van der Waals surface area contributed by atoms with Gasteiger partial charge in [0.25, 0.3) is 5.91 Å². The van der Waals surface area contributed by atoms with Crippen LogP contribution in [0.3, 0.4) is 0 Å². The van der Waals surface area contributed by atoms with Crippen molar-refractivity contribution in [1.29, 1.82) is 0 Å². The van der Waals surface area contributed by atoms with Crippen LogP contribution >= 0.6 is 0 Å². The van der Waals surface area contributed by atoms with Crippen molar-refractivity contribution in [3.05, 3.63) is 57.6 Å². The lowest BCUT2D eigenvalue weighted by atomic mass is 10.2. The van der Waals surface area contributed by atoms with E-state index in [0.717, 1.165) is 19.3 Å². The van der Waals surface area contributed by atoms with Crippen molar-refractivity contribution in [3.63, 3.8) is 0 Å². The quantitative estimate of drug-likeness (QED) is 0.271. The van der Waals surface area contributed by atoms with Crippen LogP contribution in [0.2, 0.25) is 0 Å². The van der Waals surface area contributed by atoms with Crippen molar-refractivity contribution < 1.29 is 24.3 Å². The number of nitrogens with zero attached hydrogens (tertiary/aromatic N) is 2. The maximum atomic E-state index is 12.0. The third-order valence-electron chi connectivity index (χ3n) is 4.00. The number of unbranched alkanes of at least 4 members (excludes halogenated alkanes) is 2. The van der Waals surface area contributed by atoms with Crippen LogP contribution < -0.4 is 14.9 Å². The lowest BCUT2D eigenvalue weighted by Gasteiger charge is -2.11. The van der Waals surface area contributed by atoms with Gasteiger partial charge in [0.2, 0.25) is 5.75 Å². The number of nitro groups is 1. The largest absolute Gasteiger partial charge is 0.507 e. The van der Waals surface area contributed by atoms with Gasteiger partial charge in [-0.15, -0.1) is 0 Å². The average molecular weight is 401 g/mol. The number of phenolic OH excluding ortho intramolecular Hbond substituents is 1. The Balaban J connectivity index is 2.19. The number of carbonyl (C=O) groups excluding carboxylic acids is 1. The van der Waals surface area contributed by atoms with Gasteiger partial charge in [-0.2, -0.15) is 5.10 Å². The third-order valence-corrected chi connectivity index (χ3v) is 4.00. The molecule has 0 saturated carbocycles. The molecule has 0 atom stereocenters. The minimum absolute atomic E-state index is 0.0593. The zero-order chi connectivity index (χ0) is 21.2. The molecule has 0 saturated heterocycles. The first-order valence-corrected chi connectivity index (χ1v) is 9.08. The van der Waals surface area contributed by atoms with Gasteiger partial charge >= 0.3 is 5.69 Å². The summed E-state index contributed by atoms with van der Waals surface area (Å²) in [5, 5.41) is 24.9. The van der Waals surface area contributed by atoms with Gasteiger partial charge in [-0.3, -0.25) is 14.9 Å². The van der Waals surface area contributed by atoms with Gasteiger partial charge in [0.1, 0.15) is 5.75 Å². The van der Waals surface area contributed by atoms with Crippen LogP contribution in [-0.4, -0.2) is 35.9 Å². The van der Waals surface area contributed by atoms with Gasteiger partial charge in [-0.05, 0) is 24.6 Å². The van der Waals surface area contributed by atoms with E-state index >= 15 is 0 Å². The van der Waals surface area contributed by atoms with E-state index in [0.29, 0.717) is 12.2 Å². The maximum Gasteiger partial charge on any atom is 0.315 e. The van der Waals surface area contributed by atoms with E-state index in [9.17, 15) is 20.0 Å². The summed E-state index contributed by atoms with van der Waals surface area (Å²) in [6.07, 6.45) is 3.98. The molecule has 9 heteroatoms. The number of phenols is 1. The predicted molar refractivity (Wildman–Crippen MR) is 108 cm³/mol. The van der Waals surface area contributed by atoms with E-state index in [2.05, 4.69) is 17.5 Å². The minimum atomic E-state index is -0.614. The molecule has 2 aromatic rings. The van der Waals surface area contributed by atoms with E-state index in [1.807, 2.05) is 0 Å². The number of hydrogen-bond donors (Lipinski definition) is 2. The number of para-hydroxylation sites is 1. The van der Waals surface area contributed by atoms with Crippen LogP contribution in [0.15, 0.2) is 41.5 Å². The monoisotopic (exact) mass is 401 g/mol. The lowest BCUT2D eigenvalue weighted by Crippen LogP contribution is -2.17. The molecule has 0 bridgehead atoms. The first kappa shape index (κ1) is 21.7. The SMILES string of the molecule is CCCCCOc1c(OC)cc(/C=N\NC(=O)c2ccccc2O)cc1[N+](=O)[O-]. The van der Waals surface area contributed by atoms with E-state index in [1.165, 1.54) is 37.6 Å². The first-order valence-electron chi connectivity index (χ1n) is 9.08. The van der Waals surface area contributed by atoms with Crippen molar-refractivity contribution in [2.24, 2.45) is 5.10 Å². The Labute approximate surface area is 168 Å². The van der Waals surface area contributed by atoms with Crippen molar-refractivity contribution >= 4 is 17.8 Å². The molecule has 0 aromatic heterocycles. The van der Waals surface area contributed by atoms with Crippen molar-refractivity contribution in [2.75, 3.05) is 13.7 Å². The standard InChI is InChI=1S/C20H23N3O6/c1-3-4-7-10-29-19-16(23(26)27)11-14(12-18(19)28-2)13-21-22-20(25)15-8-5-6-9-17(15)24/h5-6,8-9,11-13,24H,3-4,7,10H2,1-2H3,(H,22,25)/b21-13-. The highest BCUT2D eigenvalue weighted by Gasteiger charge is 2.22. The third kappa shape index (κ3) is 5.93. The molecule has 9 nitrogen and oxygen atoms in total. The molecule has 1 amide bonds. The summed E-state index contributed by atoms with van der Waals surface area (Å²) in [6, 6.07) is 8.83. The molecule has 29 heavy (non-hydrogen) atoms. The Morgan fingerprint density at radius 3 is 2.72 bits per heavy atom. The van der Waals surface area contributed by atoms with Gasteiger partial charge in [0.15, 0.2) is 5.75 Å². The number of hydrazone groups is 1. The van der Waals surface area contributed by atoms with Crippen LogP contribution in [0.1, 0.15) is 42.1 Å². The Kier molecular flexibility index (Phi) is 7.96. The Hall–Kier alpha value is -3.62. The molecule has 2 N–H and O–H groups in total. The number of hydrogen-bond acceptors (Lipinski definition) is 7. The summed E-state index contributed by atoms with van der Waals surface area (Å²) in [7, 11) is 1.39. The number of ether oxygens (including phenoxy) is 2. The summed E-state index contributed by atoms with van der Waals surface area (Å²) in [6.45, 7) is 2.39. The highest BCUT2D eigenvalue weighted by atomic mass is 16.6. The number of carbonyl (C=O) groups is 1. The average Bonchev–Trinajstić information content (AvgIpc) is 2.71. The van der Waals surface area contributed by atoms with Crippen molar-refractivity contribution in [3.8, 4) is 17.2 Å². The number of rotatable bonds is 10. The van der Waals surface area contributed by atoms with Crippen molar-refractivity contribution in [1.82, 2.24) is 5.43 Å². The smallest absolute Gasteiger partial charge is 0.315 e. The van der Waals surface area contributed by atoms with Gasteiger partial charge in [0.05, 0.1) is 30.4 Å². The number of aromatic hydroxyl groups is 1. The van der Waals surface area contributed by atoms with Crippen molar-refractivity contribution in [2.45, 2.75) is 26.2 Å². The number of nitrogens with one attached hydrogen (secondary N) is 1. The molecule has 0 fully saturated rings. The van der Waals surface area contributed by atoms with E-state index < -0.39 is 10.8 Å². The molecule has 2 rings (SSSR count). The summed E-state index contributed by atoms with van der Waals surface area (Å²) in [5.74, 6) is -0.535. The zero-order valence-electron chi connectivity index (χ0n) is 16.3. The Bertz CT molecular complexity index is 898. The fourth-order valence-electron chi connectivity index (χ4n) is 2.53. The second-order valence-corrected chi connectivity index (χ2v) is 6.10. The number of benzene rings is 2. The molecule has 0 aliphatic heterocycles. The van der Waals surface area contributed by atoms with Gasteiger partial charge in [-0.25, -0.2) is 5.43 Å². The molecule has 0 aliphatic carbocycles. The second-order valence-electron chi connectivity index (χ2n) is 6.10. The summed E-state index contributed by atoms with van der Waals surface area (Å²) in [5.41, 5.74) is 2.41. The van der Waals surface area contributed by atoms with Gasteiger partial charge < -0.3 is 14.6 Å². The molecule has 0 unspecified atom stereocenters. The zero-order valence-corrected chi connectivity index (χ0v) is 16.3. The summed E-state index contributed by atoms with van der Waals surface area (Å²) in [4.78, 5) is 22.9. The minimum Gasteiger partial charge on any atom is -0.507 e. The normalized spacial score (nSPS) is 10.7. The van der Waals surface area contributed by atoms with Crippen LogP contribution in [0.4, 0.5) is 5.69 Å². The molecular weight excluding hydrogens is 378 g/mol. The number of methoxy groups -OCH3 is 1. The first-order chi connectivity index (χ1) is 14.0. The fraction of sp³-hybridized carbons (Fsp3) is 0.300. The lowest BCUT2D eigenvalue weighted by molar-refractivity contribution is -0.386. The molecule has 0 spiro atoms. The molecule has 0 aliphatic rings. The van der Waals surface area contributed by atoms with E-state index in [4.69, 9.17) is 9.47 Å². The predicted octanol–water partition coefficient (Wildman–Crippen LogP) is 3.64. The summed E-state index contributed by atoms with van der Waals surface area (Å²) >= 11 is 0. The van der Waals surface area contributed by atoms with Gasteiger partial charge in [-0.1, -0.05) is 31.9 Å². The molecular formula is C20H23N3O6. The Morgan fingerprint density at radius 2 is 2.07 bits per heavy atom. The fourth-order valence-corrected chi connectivity index (χ4v) is 2.53. The maximum absolute atomic E-state index is 12.0. The highest BCUT2D eigenvalue weighted by Crippen LogP contribution is 2.38. The highest BCUT2D eigenvalue weighted by molar-refractivity contribution is 5.97. The molecule has 0 heterocycles. The van der Waals surface area contributed by atoms with Gasteiger partial charge in [0, 0.05) is 11.6 Å². The van der Waals surface area contributed by atoms with Crippen LogP contribution in [0, 0.1) is 10.1 Å². The van der Waals surface area contributed by atoms with E-state index in [-0.39, 0.29) is 28.5 Å². The van der Waals surface area contributed by atoms with Crippen LogP contribution in [-0.2, 0) is 0 Å². The van der Waals surface area contributed by atoms with E-state index in [1.54, 1.807) is 12.1 Å². The number of nitro benzene ring substituents is 1. The second kappa shape index (κ2) is 10.6. The molecule has 154 valence electrons.